The standard InChI is InChI=1S/C18H20FN3O3/c1-11-8-15(25-10-13-4-3-5-14(19)9-13)6-7-16(11)22-17(23)12(2)21-18(20)24/h3-9,12H,10H2,1-2H3,(H,22,23)(H3,20,21,24). The third-order valence-corrected chi connectivity index (χ3v) is 3.50. The third kappa shape index (κ3) is 5.49. The zero-order valence-corrected chi connectivity index (χ0v) is 14.0. The van der Waals surface area contributed by atoms with Gasteiger partial charge in [-0.05, 0) is 55.3 Å². The number of anilines is 1. The molecule has 0 fully saturated rings. The molecule has 0 saturated carbocycles. The smallest absolute Gasteiger partial charge is 0.312 e. The maximum atomic E-state index is 13.1. The summed E-state index contributed by atoms with van der Waals surface area (Å²) < 4.78 is 18.8. The highest BCUT2D eigenvalue weighted by atomic mass is 19.1. The van der Waals surface area contributed by atoms with Crippen molar-refractivity contribution in [2.24, 2.45) is 5.73 Å². The van der Waals surface area contributed by atoms with Gasteiger partial charge in [0.2, 0.25) is 5.91 Å². The number of halogens is 1. The molecule has 0 saturated heterocycles. The van der Waals surface area contributed by atoms with Crippen molar-refractivity contribution in [3.63, 3.8) is 0 Å². The molecule has 0 spiro atoms. The first-order valence-electron chi connectivity index (χ1n) is 7.70. The normalized spacial score (nSPS) is 11.5. The van der Waals surface area contributed by atoms with Crippen LogP contribution in [0.2, 0.25) is 0 Å². The van der Waals surface area contributed by atoms with Gasteiger partial charge in [-0.3, -0.25) is 4.79 Å². The lowest BCUT2D eigenvalue weighted by Gasteiger charge is -2.15. The van der Waals surface area contributed by atoms with Gasteiger partial charge in [-0.25, -0.2) is 9.18 Å². The van der Waals surface area contributed by atoms with E-state index < -0.39 is 12.1 Å². The maximum absolute atomic E-state index is 13.1. The number of nitrogens with two attached hydrogens (primary N) is 1. The van der Waals surface area contributed by atoms with Crippen LogP contribution in [0.5, 0.6) is 5.75 Å². The lowest BCUT2D eigenvalue weighted by molar-refractivity contribution is -0.117. The predicted octanol–water partition coefficient (Wildman–Crippen LogP) is 2.71. The molecule has 0 aliphatic carbocycles. The highest BCUT2D eigenvalue weighted by Gasteiger charge is 2.15. The Kier molecular flexibility index (Phi) is 5.94. The molecule has 0 bridgehead atoms. The van der Waals surface area contributed by atoms with E-state index in [2.05, 4.69) is 10.6 Å². The van der Waals surface area contributed by atoms with E-state index in [1.165, 1.54) is 19.1 Å². The number of aryl methyl sites for hydroxylation is 1. The topological polar surface area (TPSA) is 93.4 Å². The fourth-order valence-corrected chi connectivity index (χ4v) is 2.18. The largest absolute Gasteiger partial charge is 0.489 e. The number of benzene rings is 2. The lowest BCUT2D eigenvalue weighted by atomic mass is 10.1. The number of carbonyl (C=O) groups excluding carboxylic acids is 2. The van der Waals surface area contributed by atoms with Gasteiger partial charge in [-0.2, -0.15) is 0 Å². The second kappa shape index (κ2) is 8.14. The zero-order valence-electron chi connectivity index (χ0n) is 14.0. The van der Waals surface area contributed by atoms with Crippen molar-refractivity contribution >= 4 is 17.6 Å². The van der Waals surface area contributed by atoms with Crippen LogP contribution in [0, 0.1) is 12.7 Å². The minimum absolute atomic E-state index is 0.239. The molecule has 0 aliphatic rings. The highest BCUT2D eigenvalue weighted by molar-refractivity contribution is 5.97. The quantitative estimate of drug-likeness (QED) is 0.751. The van der Waals surface area contributed by atoms with Crippen molar-refractivity contribution < 1.29 is 18.7 Å². The van der Waals surface area contributed by atoms with Crippen molar-refractivity contribution in [1.29, 1.82) is 0 Å². The van der Waals surface area contributed by atoms with Crippen LogP contribution in [0.4, 0.5) is 14.9 Å². The Morgan fingerprint density at radius 3 is 2.64 bits per heavy atom. The number of rotatable bonds is 6. The molecule has 1 atom stereocenters. The van der Waals surface area contributed by atoms with Crippen LogP contribution >= 0.6 is 0 Å². The number of urea groups is 1. The van der Waals surface area contributed by atoms with Gasteiger partial charge in [-0.15, -0.1) is 0 Å². The van der Waals surface area contributed by atoms with E-state index in [9.17, 15) is 14.0 Å². The summed E-state index contributed by atoms with van der Waals surface area (Å²) in [5.41, 5.74) is 7.11. The number of amides is 3. The average molecular weight is 345 g/mol. The molecule has 2 rings (SSSR count). The summed E-state index contributed by atoms with van der Waals surface area (Å²) in [7, 11) is 0. The highest BCUT2D eigenvalue weighted by Crippen LogP contribution is 2.22. The minimum atomic E-state index is -0.763. The maximum Gasteiger partial charge on any atom is 0.312 e. The molecule has 2 aromatic rings. The second-order valence-corrected chi connectivity index (χ2v) is 5.61. The van der Waals surface area contributed by atoms with Crippen LogP contribution in [0.1, 0.15) is 18.1 Å². The van der Waals surface area contributed by atoms with Crippen molar-refractivity contribution in [1.82, 2.24) is 5.32 Å². The van der Waals surface area contributed by atoms with Gasteiger partial charge in [0.05, 0.1) is 0 Å². The van der Waals surface area contributed by atoms with Crippen LogP contribution < -0.4 is 21.1 Å². The molecule has 6 nitrogen and oxygen atoms in total. The summed E-state index contributed by atoms with van der Waals surface area (Å²) in [6.07, 6.45) is 0. The summed E-state index contributed by atoms with van der Waals surface area (Å²) in [5.74, 6) is -0.0903. The fraction of sp³-hybridized carbons (Fsp3) is 0.222. The molecule has 0 aliphatic heterocycles. The Morgan fingerprint density at radius 1 is 1.24 bits per heavy atom. The Morgan fingerprint density at radius 2 is 2.00 bits per heavy atom. The van der Waals surface area contributed by atoms with Crippen LogP contribution in [0.25, 0.3) is 0 Å². The second-order valence-electron chi connectivity index (χ2n) is 5.61. The molecule has 1 unspecified atom stereocenters. The van der Waals surface area contributed by atoms with Gasteiger partial charge in [0.1, 0.15) is 24.2 Å². The van der Waals surface area contributed by atoms with Gasteiger partial charge in [0.25, 0.3) is 0 Å². The molecule has 2 aromatic carbocycles. The van der Waals surface area contributed by atoms with E-state index in [1.807, 2.05) is 6.92 Å². The van der Waals surface area contributed by atoms with Crippen molar-refractivity contribution in [3.8, 4) is 5.75 Å². The van der Waals surface area contributed by atoms with Crippen LogP contribution in [-0.4, -0.2) is 18.0 Å². The van der Waals surface area contributed by atoms with Gasteiger partial charge in [0.15, 0.2) is 0 Å². The van der Waals surface area contributed by atoms with Crippen LogP contribution in [-0.2, 0) is 11.4 Å². The molecular formula is C18H20FN3O3. The number of hydrogen-bond donors (Lipinski definition) is 3. The summed E-state index contributed by atoms with van der Waals surface area (Å²) in [4.78, 5) is 22.8. The van der Waals surface area contributed by atoms with Gasteiger partial charge >= 0.3 is 6.03 Å². The van der Waals surface area contributed by atoms with Gasteiger partial charge in [-0.1, -0.05) is 12.1 Å². The molecule has 3 amide bonds. The number of primary amides is 1. The molecule has 0 aromatic heterocycles. The summed E-state index contributed by atoms with van der Waals surface area (Å²) in [5, 5.41) is 5.02. The first kappa shape index (κ1) is 18.3. The Labute approximate surface area is 145 Å². The van der Waals surface area contributed by atoms with Crippen LogP contribution in [0.3, 0.4) is 0 Å². The first-order valence-corrected chi connectivity index (χ1v) is 7.70. The monoisotopic (exact) mass is 345 g/mol. The van der Waals surface area contributed by atoms with E-state index in [1.54, 1.807) is 30.3 Å². The Hall–Kier alpha value is -3.09. The number of nitrogens with one attached hydrogen (secondary N) is 2. The number of carbonyl (C=O) groups is 2. The predicted molar refractivity (Wildman–Crippen MR) is 92.7 cm³/mol. The minimum Gasteiger partial charge on any atom is -0.489 e. The average Bonchev–Trinajstić information content (AvgIpc) is 2.54. The molecule has 7 heteroatoms. The molecular weight excluding hydrogens is 325 g/mol. The molecule has 0 radical (unpaired) electrons. The van der Waals surface area contributed by atoms with Crippen LogP contribution in [0.15, 0.2) is 42.5 Å². The summed E-state index contributed by atoms with van der Waals surface area (Å²) in [6.45, 7) is 3.59. The fourth-order valence-electron chi connectivity index (χ4n) is 2.18. The SMILES string of the molecule is Cc1cc(OCc2cccc(F)c2)ccc1NC(=O)C(C)NC(N)=O. The van der Waals surface area contributed by atoms with E-state index in [4.69, 9.17) is 10.5 Å². The zero-order chi connectivity index (χ0) is 18.4. The van der Waals surface area contributed by atoms with Crippen molar-refractivity contribution in [2.45, 2.75) is 26.5 Å². The summed E-state index contributed by atoms with van der Waals surface area (Å²) in [6, 6.07) is 9.84. The molecule has 132 valence electrons. The Balaban J connectivity index is 1.98. The van der Waals surface area contributed by atoms with Gasteiger partial charge in [0, 0.05) is 5.69 Å². The first-order chi connectivity index (χ1) is 11.8. The number of ether oxygens (including phenoxy) is 1. The molecule has 4 N–H and O–H groups in total. The van der Waals surface area contributed by atoms with E-state index in [-0.39, 0.29) is 18.3 Å². The molecule has 0 heterocycles. The summed E-state index contributed by atoms with van der Waals surface area (Å²) >= 11 is 0. The van der Waals surface area contributed by atoms with E-state index >= 15 is 0 Å². The number of hydrogen-bond acceptors (Lipinski definition) is 3. The van der Waals surface area contributed by atoms with E-state index in [0.29, 0.717) is 11.4 Å². The van der Waals surface area contributed by atoms with Crippen molar-refractivity contribution in [2.75, 3.05) is 5.32 Å². The lowest BCUT2D eigenvalue weighted by Crippen LogP contribution is -2.44. The Bertz CT molecular complexity index is 780. The van der Waals surface area contributed by atoms with Gasteiger partial charge < -0.3 is 21.1 Å². The van der Waals surface area contributed by atoms with Crippen molar-refractivity contribution in [3.05, 3.63) is 59.4 Å². The molecule has 25 heavy (non-hydrogen) atoms. The van der Waals surface area contributed by atoms with E-state index in [0.717, 1.165) is 11.1 Å². The third-order valence-electron chi connectivity index (χ3n) is 3.50.